The number of hydrogen-bond acceptors (Lipinski definition) is 3. The Balaban J connectivity index is 2.22. The highest BCUT2D eigenvalue weighted by Crippen LogP contribution is 2.27. The Kier molecular flexibility index (Phi) is 6.11. The number of nitrogens with zero attached hydrogens (tertiary/aromatic N) is 2. The molecule has 0 spiro atoms. The molecule has 3 heteroatoms. The first kappa shape index (κ1) is 15.5. The van der Waals surface area contributed by atoms with Crippen LogP contribution in [0.5, 0.6) is 0 Å². The van der Waals surface area contributed by atoms with Gasteiger partial charge in [-0.3, -0.25) is 0 Å². The number of aliphatic hydroxyl groups is 1. The van der Waals surface area contributed by atoms with E-state index in [0.29, 0.717) is 18.6 Å². The van der Waals surface area contributed by atoms with E-state index in [4.69, 9.17) is 10.4 Å². The molecule has 0 aromatic carbocycles. The van der Waals surface area contributed by atoms with Crippen molar-refractivity contribution in [2.24, 2.45) is 11.3 Å². The largest absolute Gasteiger partial charge is 0.396 e. The van der Waals surface area contributed by atoms with Gasteiger partial charge in [0, 0.05) is 12.6 Å². The molecule has 3 nitrogen and oxygen atoms in total. The molecule has 0 saturated heterocycles. The third kappa shape index (κ3) is 4.96. The Morgan fingerprint density at radius 3 is 2.39 bits per heavy atom. The van der Waals surface area contributed by atoms with Gasteiger partial charge in [0.1, 0.15) is 0 Å². The first-order valence-corrected chi connectivity index (χ1v) is 7.21. The molecule has 0 atom stereocenters. The van der Waals surface area contributed by atoms with E-state index in [0.717, 1.165) is 32.2 Å². The van der Waals surface area contributed by atoms with Gasteiger partial charge in [0.25, 0.3) is 0 Å². The molecule has 1 aliphatic rings. The Hall–Kier alpha value is -0.590. The minimum atomic E-state index is -0.185. The van der Waals surface area contributed by atoms with Gasteiger partial charge in [0.2, 0.25) is 0 Å². The highest BCUT2D eigenvalue weighted by molar-refractivity contribution is 4.91. The Morgan fingerprint density at radius 1 is 1.28 bits per heavy atom. The molecule has 0 bridgehead atoms. The molecular formula is C15H28N2O. The molecule has 0 heterocycles. The van der Waals surface area contributed by atoms with Crippen LogP contribution < -0.4 is 0 Å². The Labute approximate surface area is 112 Å². The molecule has 0 amide bonds. The van der Waals surface area contributed by atoms with Crippen LogP contribution in [0.1, 0.15) is 52.4 Å². The summed E-state index contributed by atoms with van der Waals surface area (Å²) in [6, 6.07) is 3.04. The van der Waals surface area contributed by atoms with Crippen LogP contribution in [0.15, 0.2) is 0 Å². The molecule has 0 aliphatic heterocycles. The van der Waals surface area contributed by atoms with Gasteiger partial charge in [-0.25, -0.2) is 0 Å². The molecule has 104 valence electrons. The van der Waals surface area contributed by atoms with Crippen molar-refractivity contribution in [1.82, 2.24) is 4.90 Å². The van der Waals surface area contributed by atoms with E-state index in [1.165, 1.54) is 12.8 Å². The molecule has 18 heavy (non-hydrogen) atoms. The van der Waals surface area contributed by atoms with E-state index < -0.39 is 0 Å². The van der Waals surface area contributed by atoms with Crippen LogP contribution >= 0.6 is 0 Å². The van der Waals surface area contributed by atoms with E-state index in [9.17, 15) is 0 Å². The van der Waals surface area contributed by atoms with Gasteiger partial charge in [-0.15, -0.1) is 0 Å². The van der Waals surface area contributed by atoms with Crippen LogP contribution in [0.4, 0.5) is 0 Å². The van der Waals surface area contributed by atoms with Crippen molar-refractivity contribution in [3.8, 4) is 6.07 Å². The third-order valence-electron chi connectivity index (χ3n) is 4.31. The molecule has 0 aromatic rings. The maximum atomic E-state index is 9.13. The monoisotopic (exact) mass is 252 g/mol. The van der Waals surface area contributed by atoms with E-state index >= 15 is 0 Å². The molecule has 0 unspecified atom stereocenters. The van der Waals surface area contributed by atoms with Crippen molar-refractivity contribution < 1.29 is 5.11 Å². The van der Waals surface area contributed by atoms with Gasteiger partial charge in [0.05, 0.1) is 11.5 Å². The average Bonchev–Trinajstić information content (AvgIpc) is 2.38. The van der Waals surface area contributed by atoms with Crippen molar-refractivity contribution >= 4 is 0 Å². The van der Waals surface area contributed by atoms with Crippen LogP contribution in [0.3, 0.4) is 0 Å². The summed E-state index contributed by atoms with van der Waals surface area (Å²) in [7, 11) is 2.20. The smallest absolute Gasteiger partial charge is 0.0683 e. The van der Waals surface area contributed by atoms with E-state index in [-0.39, 0.29) is 5.41 Å². The van der Waals surface area contributed by atoms with Gasteiger partial charge >= 0.3 is 0 Å². The van der Waals surface area contributed by atoms with Crippen LogP contribution in [0, 0.1) is 22.7 Å². The van der Waals surface area contributed by atoms with Crippen molar-refractivity contribution in [2.45, 2.75) is 58.4 Å². The quantitative estimate of drug-likeness (QED) is 0.790. The van der Waals surface area contributed by atoms with Crippen LogP contribution in [-0.2, 0) is 0 Å². The highest BCUT2D eigenvalue weighted by atomic mass is 16.3. The fraction of sp³-hybridized carbons (Fsp3) is 0.933. The summed E-state index contributed by atoms with van der Waals surface area (Å²) in [5, 5.41) is 18.1. The van der Waals surface area contributed by atoms with Crippen LogP contribution in [-0.4, -0.2) is 36.2 Å². The van der Waals surface area contributed by atoms with Gasteiger partial charge in [-0.05, 0) is 71.9 Å². The molecular weight excluding hydrogens is 224 g/mol. The molecule has 0 aromatic heterocycles. The zero-order valence-electron chi connectivity index (χ0n) is 12.2. The molecule has 1 N–H and O–H groups in total. The normalized spacial score (nSPS) is 25.1. The third-order valence-corrected chi connectivity index (χ3v) is 4.31. The fourth-order valence-electron chi connectivity index (χ4n) is 2.78. The zero-order chi connectivity index (χ0) is 13.6. The van der Waals surface area contributed by atoms with E-state index in [2.05, 4.69) is 18.0 Å². The van der Waals surface area contributed by atoms with Crippen molar-refractivity contribution in [3.05, 3.63) is 0 Å². The molecule has 0 radical (unpaired) electrons. The topological polar surface area (TPSA) is 47.3 Å². The predicted octanol–water partition coefficient (Wildman–Crippen LogP) is 2.80. The minimum absolute atomic E-state index is 0.185. The predicted molar refractivity (Wildman–Crippen MR) is 74.1 cm³/mol. The standard InChI is InChI=1S/C15H28N2O/c1-15(2,12-16)9-4-10-17(3)14-7-5-13(11-18)6-8-14/h13-14,18H,4-11H2,1-3H3. The summed E-state index contributed by atoms with van der Waals surface area (Å²) < 4.78 is 0. The van der Waals surface area contributed by atoms with Crippen LogP contribution in [0.25, 0.3) is 0 Å². The molecule has 1 saturated carbocycles. The first-order chi connectivity index (χ1) is 8.48. The molecule has 1 fully saturated rings. The maximum Gasteiger partial charge on any atom is 0.0683 e. The Morgan fingerprint density at radius 2 is 1.89 bits per heavy atom. The molecule has 1 rings (SSSR count). The van der Waals surface area contributed by atoms with Gasteiger partial charge in [-0.2, -0.15) is 5.26 Å². The average molecular weight is 252 g/mol. The molecule has 1 aliphatic carbocycles. The lowest BCUT2D eigenvalue weighted by molar-refractivity contribution is 0.125. The fourth-order valence-corrected chi connectivity index (χ4v) is 2.78. The summed E-state index contributed by atoms with van der Waals surface area (Å²) in [6.45, 7) is 5.46. The van der Waals surface area contributed by atoms with Gasteiger partial charge in [0.15, 0.2) is 0 Å². The Bertz CT molecular complexity index is 275. The second-order valence-corrected chi connectivity index (χ2v) is 6.44. The lowest BCUT2D eigenvalue weighted by Gasteiger charge is -2.34. The van der Waals surface area contributed by atoms with Crippen LogP contribution in [0.2, 0.25) is 0 Å². The summed E-state index contributed by atoms with van der Waals surface area (Å²) in [4.78, 5) is 2.45. The van der Waals surface area contributed by atoms with Gasteiger partial charge < -0.3 is 10.0 Å². The lowest BCUT2D eigenvalue weighted by atomic mass is 9.85. The second kappa shape index (κ2) is 7.11. The highest BCUT2D eigenvalue weighted by Gasteiger charge is 2.24. The van der Waals surface area contributed by atoms with Crippen molar-refractivity contribution in [3.63, 3.8) is 0 Å². The summed E-state index contributed by atoms with van der Waals surface area (Å²) in [5.41, 5.74) is -0.185. The minimum Gasteiger partial charge on any atom is -0.396 e. The van der Waals surface area contributed by atoms with Crippen molar-refractivity contribution in [2.75, 3.05) is 20.2 Å². The SMILES string of the molecule is CN(CCCC(C)(C)C#N)C1CCC(CO)CC1. The van der Waals surface area contributed by atoms with Gasteiger partial charge in [-0.1, -0.05) is 0 Å². The van der Waals surface area contributed by atoms with Crippen molar-refractivity contribution in [1.29, 1.82) is 5.26 Å². The maximum absolute atomic E-state index is 9.13. The number of rotatable bonds is 6. The number of hydrogen-bond donors (Lipinski definition) is 1. The summed E-state index contributed by atoms with van der Waals surface area (Å²) in [5.74, 6) is 0.534. The first-order valence-electron chi connectivity index (χ1n) is 7.21. The summed E-state index contributed by atoms with van der Waals surface area (Å²) in [6.07, 6.45) is 6.81. The number of nitriles is 1. The zero-order valence-corrected chi connectivity index (χ0v) is 12.2. The van der Waals surface area contributed by atoms with E-state index in [1.807, 2.05) is 13.8 Å². The lowest BCUT2D eigenvalue weighted by Crippen LogP contribution is -2.36. The summed E-state index contributed by atoms with van der Waals surface area (Å²) >= 11 is 0. The second-order valence-electron chi connectivity index (χ2n) is 6.44. The van der Waals surface area contributed by atoms with E-state index in [1.54, 1.807) is 0 Å². The number of aliphatic hydroxyl groups excluding tert-OH is 1.